The number of hydrogen-bond donors (Lipinski definition) is 1. The Labute approximate surface area is 87.1 Å². The first-order chi connectivity index (χ1) is 6.31. The Morgan fingerprint density at radius 3 is 2.14 bits per heavy atom. The van der Waals surface area contributed by atoms with Gasteiger partial charge in [0, 0.05) is 17.5 Å². The molecule has 0 amide bonds. The van der Waals surface area contributed by atoms with Crippen LogP contribution in [-0.2, 0) is 4.79 Å². The molecule has 0 rings (SSSR count). The molecule has 0 radical (unpaired) electrons. The largest absolute Gasteiger partial charge is 0.394 e. The Balaban J connectivity index is 4.44. The Bertz CT molecular complexity index is 192. The zero-order chi connectivity index (χ0) is 11.4. The van der Waals surface area contributed by atoms with Crippen LogP contribution >= 0.6 is 0 Å². The summed E-state index contributed by atoms with van der Waals surface area (Å²) >= 11 is 0. The van der Waals surface area contributed by atoms with Crippen molar-refractivity contribution in [3.8, 4) is 0 Å². The normalized spacial score (nSPS) is 16.8. The predicted molar refractivity (Wildman–Crippen MR) is 58.3 cm³/mol. The van der Waals surface area contributed by atoms with Crippen molar-refractivity contribution < 1.29 is 9.90 Å². The van der Waals surface area contributed by atoms with Crippen molar-refractivity contribution in [1.82, 2.24) is 4.90 Å². The monoisotopic (exact) mass is 201 g/mol. The van der Waals surface area contributed by atoms with E-state index in [4.69, 9.17) is 0 Å². The van der Waals surface area contributed by atoms with Crippen LogP contribution < -0.4 is 0 Å². The van der Waals surface area contributed by atoms with E-state index in [1.54, 1.807) is 0 Å². The molecule has 84 valence electrons. The van der Waals surface area contributed by atoms with Gasteiger partial charge in [-0.15, -0.1) is 0 Å². The van der Waals surface area contributed by atoms with Gasteiger partial charge in [0.25, 0.3) is 0 Å². The van der Waals surface area contributed by atoms with Crippen LogP contribution in [0, 0.1) is 5.41 Å². The summed E-state index contributed by atoms with van der Waals surface area (Å²) in [5, 5.41) is 9.18. The van der Waals surface area contributed by atoms with E-state index in [9.17, 15) is 9.90 Å². The fourth-order valence-electron chi connectivity index (χ4n) is 1.11. The summed E-state index contributed by atoms with van der Waals surface area (Å²) in [5.74, 6) is 0. The lowest BCUT2D eigenvalue weighted by Crippen LogP contribution is -2.49. The van der Waals surface area contributed by atoms with E-state index < -0.39 is 0 Å². The Kier molecular flexibility index (Phi) is 4.75. The topological polar surface area (TPSA) is 40.5 Å². The van der Waals surface area contributed by atoms with E-state index >= 15 is 0 Å². The molecule has 0 heterocycles. The van der Waals surface area contributed by atoms with Gasteiger partial charge in [-0.25, -0.2) is 0 Å². The van der Waals surface area contributed by atoms with Crippen LogP contribution in [0.4, 0.5) is 0 Å². The smallest absolute Gasteiger partial charge is 0.127 e. The van der Waals surface area contributed by atoms with E-state index in [-0.39, 0.29) is 17.6 Å². The molecule has 0 aliphatic rings. The van der Waals surface area contributed by atoms with Gasteiger partial charge < -0.3 is 9.90 Å². The highest BCUT2D eigenvalue weighted by Crippen LogP contribution is 2.22. The molecule has 1 atom stereocenters. The van der Waals surface area contributed by atoms with Gasteiger partial charge in [0.05, 0.1) is 6.61 Å². The fraction of sp³-hybridized carbons (Fsp3) is 0.909. The number of aliphatic hydroxyl groups is 1. The number of nitrogens with zero attached hydrogens (tertiary/aromatic N) is 1. The highest BCUT2D eigenvalue weighted by atomic mass is 16.3. The van der Waals surface area contributed by atoms with Gasteiger partial charge in [0.15, 0.2) is 0 Å². The minimum atomic E-state index is -0.304. The van der Waals surface area contributed by atoms with Crippen molar-refractivity contribution in [2.24, 2.45) is 5.41 Å². The average Bonchev–Trinajstić information content (AvgIpc) is 2.17. The van der Waals surface area contributed by atoms with Crippen LogP contribution in [0.1, 0.15) is 34.1 Å². The first kappa shape index (κ1) is 13.6. The maximum Gasteiger partial charge on any atom is 0.127 e. The molecule has 0 aromatic rings. The summed E-state index contributed by atoms with van der Waals surface area (Å²) in [5.41, 5.74) is -0.569. The van der Waals surface area contributed by atoms with Crippen LogP contribution in [-0.4, -0.2) is 42.0 Å². The van der Waals surface area contributed by atoms with Crippen LogP contribution in [0.2, 0.25) is 0 Å². The van der Waals surface area contributed by atoms with Gasteiger partial charge in [-0.1, -0.05) is 13.8 Å². The summed E-state index contributed by atoms with van der Waals surface area (Å²) in [4.78, 5) is 13.0. The van der Waals surface area contributed by atoms with Gasteiger partial charge in [-0.3, -0.25) is 4.90 Å². The second-order valence-corrected chi connectivity index (χ2v) is 4.95. The van der Waals surface area contributed by atoms with Crippen molar-refractivity contribution in [3.05, 3.63) is 0 Å². The number of hydrogen-bond acceptors (Lipinski definition) is 3. The van der Waals surface area contributed by atoms with E-state index in [0.29, 0.717) is 6.54 Å². The molecule has 3 nitrogen and oxygen atoms in total. The zero-order valence-corrected chi connectivity index (χ0v) is 10.0. The van der Waals surface area contributed by atoms with Crippen molar-refractivity contribution in [2.75, 3.05) is 20.2 Å². The lowest BCUT2D eigenvalue weighted by atomic mass is 9.87. The second-order valence-electron chi connectivity index (χ2n) is 4.95. The molecule has 3 heteroatoms. The first-order valence-corrected chi connectivity index (χ1v) is 5.10. The molecular formula is C11H23NO2. The van der Waals surface area contributed by atoms with Gasteiger partial charge in [0.1, 0.15) is 6.29 Å². The molecule has 1 N–H and O–H groups in total. The zero-order valence-electron chi connectivity index (χ0n) is 10.0. The highest BCUT2D eigenvalue weighted by molar-refractivity contribution is 5.58. The number of aliphatic hydroxyl groups excluding tert-OH is 1. The van der Waals surface area contributed by atoms with E-state index in [0.717, 1.165) is 12.7 Å². The molecule has 0 aliphatic heterocycles. The lowest BCUT2D eigenvalue weighted by molar-refractivity contribution is -0.117. The number of rotatable bonds is 6. The van der Waals surface area contributed by atoms with Gasteiger partial charge in [0.2, 0.25) is 0 Å². The molecule has 14 heavy (non-hydrogen) atoms. The molecule has 0 aliphatic carbocycles. The maximum absolute atomic E-state index is 10.9. The molecule has 0 saturated heterocycles. The van der Waals surface area contributed by atoms with Crippen LogP contribution in [0.5, 0.6) is 0 Å². The number of likely N-dealkylation sites (N-methyl/N-ethyl adjacent to an activating group) is 1. The van der Waals surface area contributed by atoms with Gasteiger partial charge in [-0.05, 0) is 27.3 Å². The highest BCUT2D eigenvalue weighted by Gasteiger charge is 2.30. The minimum absolute atomic E-state index is 0.0994. The lowest BCUT2D eigenvalue weighted by Gasteiger charge is -2.38. The molecule has 0 saturated carbocycles. The molecule has 0 spiro atoms. The average molecular weight is 201 g/mol. The number of carbonyl (C=O) groups is 1. The Morgan fingerprint density at radius 2 is 1.86 bits per heavy atom. The first-order valence-electron chi connectivity index (χ1n) is 5.10. The molecular weight excluding hydrogens is 178 g/mol. The summed E-state index contributed by atoms with van der Waals surface area (Å²) in [6, 6.07) is 0. The van der Waals surface area contributed by atoms with E-state index in [1.165, 1.54) is 0 Å². The summed E-state index contributed by atoms with van der Waals surface area (Å²) < 4.78 is 0. The molecule has 0 aromatic heterocycles. The maximum atomic E-state index is 10.9. The van der Waals surface area contributed by atoms with Gasteiger partial charge in [-0.2, -0.15) is 0 Å². The van der Waals surface area contributed by atoms with Gasteiger partial charge >= 0.3 is 0 Å². The Morgan fingerprint density at radius 1 is 1.36 bits per heavy atom. The number of carbonyl (C=O) groups excluding carboxylic acids is 1. The van der Waals surface area contributed by atoms with Crippen molar-refractivity contribution in [2.45, 2.75) is 39.7 Å². The van der Waals surface area contributed by atoms with E-state index in [1.807, 2.05) is 39.6 Å². The third kappa shape index (κ3) is 3.39. The van der Waals surface area contributed by atoms with Crippen molar-refractivity contribution >= 4 is 6.29 Å². The standard InChI is InChI=1S/C11H23NO2/c1-6-11(4,9-14)7-12(5)10(2,3)8-13/h9,13H,6-8H2,1-5H3. The minimum Gasteiger partial charge on any atom is -0.394 e. The second kappa shape index (κ2) is 4.89. The van der Waals surface area contributed by atoms with Crippen LogP contribution in [0.3, 0.4) is 0 Å². The summed E-state index contributed by atoms with van der Waals surface area (Å²) in [6.45, 7) is 8.67. The fourth-order valence-corrected chi connectivity index (χ4v) is 1.11. The number of aldehydes is 1. The quantitative estimate of drug-likeness (QED) is 0.659. The third-order valence-electron chi connectivity index (χ3n) is 3.11. The van der Waals surface area contributed by atoms with Crippen molar-refractivity contribution in [1.29, 1.82) is 0 Å². The molecule has 0 bridgehead atoms. The van der Waals surface area contributed by atoms with Crippen molar-refractivity contribution in [3.63, 3.8) is 0 Å². The molecule has 1 unspecified atom stereocenters. The summed E-state index contributed by atoms with van der Waals surface area (Å²) in [6.07, 6.45) is 1.83. The molecule has 0 aromatic carbocycles. The SMILES string of the molecule is CCC(C)(C=O)CN(C)C(C)(C)CO. The third-order valence-corrected chi connectivity index (χ3v) is 3.11. The van der Waals surface area contributed by atoms with Crippen LogP contribution in [0.25, 0.3) is 0 Å². The van der Waals surface area contributed by atoms with E-state index in [2.05, 4.69) is 0 Å². The molecule has 0 fully saturated rings. The van der Waals surface area contributed by atoms with Crippen LogP contribution in [0.15, 0.2) is 0 Å². The summed E-state index contributed by atoms with van der Waals surface area (Å²) in [7, 11) is 1.94. The predicted octanol–water partition coefficient (Wildman–Crippen LogP) is 1.30. The Hall–Kier alpha value is -0.410.